The van der Waals surface area contributed by atoms with Gasteiger partial charge in [-0.05, 0) is 38.8 Å². The second-order valence-corrected chi connectivity index (χ2v) is 10.4. The van der Waals surface area contributed by atoms with Gasteiger partial charge in [-0.25, -0.2) is 8.42 Å². The van der Waals surface area contributed by atoms with Crippen molar-refractivity contribution < 1.29 is 17.5 Å². The molecule has 0 spiro atoms. The van der Waals surface area contributed by atoms with Crippen molar-refractivity contribution in [3.63, 3.8) is 0 Å². The molecular formula is C28H53NO4S. The van der Waals surface area contributed by atoms with Crippen molar-refractivity contribution >= 4 is 16.1 Å². The van der Waals surface area contributed by atoms with Crippen LogP contribution in [-0.2, 0) is 10.4 Å². The fraction of sp³-hybridized carbons (Fsp3) is 0.786. The van der Waals surface area contributed by atoms with Gasteiger partial charge in [-0.15, -0.1) is 0 Å². The number of benzene rings is 1. The molecule has 200 valence electrons. The number of para-hydroxylation sites is 1. The highest BCUT2D eigenvalue weighted by Gasteiger charge is 2.25. The maximum Gasteiger partial charge on any atom is 0.215 e. The first-order valence-electron chi connectivity index (χ1n) is 13.9. The number of quaternary nitrogens is 1. The van der Waals surface area contributed by atoms with Gasteiger partial charge in [-0.1, -0.05) is 115 Å². The lowest BCUT2D eigenvalue weighted by Gasteiger charge is -2.36. The van der Waals surface area contributed by atoms with E-state index in [1.807, 2.05) is 0 Å². The Hall–Kier alpha value is -0.950. The summed E-state index contributed by atoms with van der Waals surface area (Å²) in [6.45, 7) is 10.7. The quantitative estimate of drug-likeness (QED) is 0.0847. The largest absolute Gasteiger partial charge is 0.726 e. The minimum atomic E-state index is -4.92. The van der Waals surface area contributed by atoms with E-state index in [4.69, 9.17) is 17.5 Å². The highest BCUT2D eigenvalue weighted by Crippen LogP contribution is 2.24. The molecule has 0 unspecified atom stereocenters. The Kier molecular flexibility index (Phi) is 20.7. The maximum absolute atomic E-state index is 8.63. The average Bonchev–Trinajstić information content (AvgIpc) is 2.81. The molecule has 1 aromatic carbocycles. The molecule has 5 nitrogen and oxygen atoms in total. The molecule has 0 saturated carbocycles. The highest BCUT2D eigenvalue weighted by atomic mass is 32.3. The van der Waals surface area contributed by atoms with E-state index in [0.717, 1.165) is 4.48 Å². The van der Waals surface area contributed by atoms with Crippen LogP contribution in [0.25, 0.3) is 0 Å². The second kappa shape index (κ2) is 21.3. The number of rotatable bonds is 20. The predicted molar refractivity (Wildman–Crippen MR) is 146 cm³/mol. The van der Waals surface area contributed by atoms with Gasteiger partial charge < -0.3 is 4.55 Å². The van der Waals surface area contributed by atoms with Gasteiger partial charge in [0.15, 0.2) is 0 Å². The fourth-order valence-corrected chi connectivity index (χ4v) is 4.74. The Morgan fingerprint density at radius 1 is 0.647 bits per heavy atom. The zero-order valence-corrected chi connectivity index (χ0v) is 23.2. The molecule has 1 rings (SSSR count). The predicted octanol–water partition coefficient (Wildman–Crippen LogP) is 8.30. The second-order valence-electron chi connectivity index (χ2n) is 9.57. The number of hydrogen-bond donors (Lipinski definition) is 1. The van der Waals surface area contributed by atoms with Crippen molar-refractivity contribution in [1.82, 2.24) is 4.48 Å². The van der Waals surface area contributed by atoms with E-state index in [1.54, 1.807) is 0 Å². The van der Waals surface area contributed by atoms with Crippen LogP contribution in [0.15, 0.2) is 30.3 Å². The fourth-order valence-electron chi connectivity index (χ4n) is 4.74. The van der Waals surface area contributed by atoms with Crippen molar-refractivity contribution in [2.75, 3.05) is 19.6 Å². The highest BCUT2D eigenvalue weighted by molar-refractivity contribution is 7.79. The van der Waals surface area contributed by atoms with Crippen LogP contribution in [0.2, 0.25) is 0 Å². The van der Waals surface area contributed by atoms with Crippen LogP contribution in [0.3, 0.4) is 0 Å². The molecule has 6 heteroatoms. The summed E-state index contributed by atoms with van der Waals surface area (Å²) < 4.78 is 34.0. The summed E-state index contributed by atoms with van der Waals surface area (Å²) in [5, 5.41) is 0. The van der Waals surface area contributed by atoms with Gasteiger partial charge in [-0.2, -0.15) is 0 Å². The van der Waals surface area contributed by atoms with Crippen LogP contribution in [0.4, 0.5) is 5.69 Å². The molecule has 0 fully saturated rings. The van der Waals surface area contributed by atoms with E-state index >= 15 is 0 Å². The molecule has 0 aromatic heterocycles. The van der Waals surface area contributed by atoms with Gasteiger partial charge in [0.05, 0.1) is 19.6 Å². The average molecular weight is 500 g/mol. The summed E-state index contributed by atoms with van der Waals surface area (Å²) in [4.78, 5) is 0. The first kappa shape index (κ1) is 33.0. The summed E-state index contributed by atoms with van der Waals surface area (Å²) in [6, 6.07) is 11.2. The minimum Gasteiger partial charge on any atom is -0.726 e. The Morgan fingerprint density at radius 2 is 0.971 bits per heavy atom. The molecular weight excluding hydrogens is 446 g/mol. The molecule has 0 aliphatic heterocycles. The molecule has 1 aromatic rings. The lowest BCUT2D eigenvalue weighted by molar-refractivity contribution is 0.291. The van der Waals surface area contributed by atoms with Crippen molar-refractivity contribution in [2.45, 2.75) is 124 Å². The zero-order chi connectivity index (χ0) is 25.5. The summed E-state index contributed by atoms with van der Waals surface area (Å²) in [7, 11) is -4.92. The number of nitrogens with zero attached hydrogens (tertiary/aromatic N) is 1. The smallest absolute Gasteiger partial charge is 0.215 e. The maximum atomic E-state index is 8.63. The van der Waals surface area contributed by atoms with E-state index in [1.165, 1.54) is 128 Å². The SMILES string of the molecule is CCCCCCCCCCCCCCCCCC[N+](CC)(CC)c1ccccc1.O=S(=O)([O-])O. The molecule has 0 heterocycles. The molecule has 0 aliphatic rings. The molecule has 1 N–H and O–H groups in total. The monoisotopic (exact) mass is 499 g/mol. The number of hydrogen-bond acceptors (Lipinski definition) is 3. The first-order chi connectivity index (χ1) is 16.3. The van der Waals surface area contributed by atoms with E-state index in [2.05, 4.69) is 51.1 Å². The topological polar surface area (TPSA) is 77.4 Å². The minimum absolute atomic E-state index is 1.15. The summed E-state index contributed by atoms with van der Waals surface area (Å²) in [6.07, 6.45) is 23.1. The van der Waals surface area contributed by atoms with E-state index in [0.29, 0.717) is 0 Å². The third-order valence-electron chi connectivity index (χ3n) is 6.95. The van der Waals surface area contributed by atoms with Crippen LogP contribution < -0.4 is 4.48 Å². The summed E-state index contributed by atoms with van der Waals surface area (Å²) in [5.74, 6) is 0. The summed E-state index contributed by atoms with van der Waals surface area (Å²) in [5.41, 5.74) is 1.50. The first-order valence-corrected chi connectivity index (χ1v) is 15.3. The molecule has 34 heavy (non-hydrogen) atoms. The Bertz CT molecular complexity index is 652. The lowest BCUT2D eigenvalue weighted by atomic mass is 10.0. The van der Waals surface area contributed by atoms with Crippen LogP contribution >= 0.6 is 0 Å². The number of unbranched alkanes of at least 4 members (excludes halogenated alkanes) is 15. The zero-order valence-electron chi connectivity index (χ0n) is 22.3. The van der Waals surface area contributed by atoms with E-state index < -0.39 is 10.4 Å². The third-order valence-corrected chi connectivity index (χ3v) is 6.95. The van der Waals surface area contributed by atoms with Gasteiger partial charge in [0.1, 0.15) is 5.69 Å². The molecule has 0 radical (unpaired) electrons. The Balaban J connectivity index is 0.00000196. The van der Waals surface area contributed by atoms with Crippen LogP contribution in [0.5, 0.6) is 0 Å². The molecule has 0 aliphatic carbocycles. The van der Waals surface area contributed by atoms with Crippen molar-refractivity contribution in [2.24, 2.45) is 0 Å². The van der Waals surface area contributed by atoms with Gasteiger partial charge in [0.2, 0.25) is 10.4 Å². The standard InChI is InChI=1S/C28H52N.H2O4S/c1-4-7-8-9-10-11-12-13-14-15-16-17-18-19-20-24-27-29(5-2,6-3)28-25-22-21-23-26-28;1-5(2,3)4/h21-23,25-26H,4-20,24,27H2,1-3H3;(H2,1,2,3,4)/q+1;/p-1. The third kappa shape index (κ3) is 19.4. The van der Waals surface area contributed by atoms with Crippen LogP contribution in [0, 0.1) is 0 Å². The molecule has 0 atom stereocenters. The van der Waals surface area contributed by atoms with E-state index in [9.17, 15) is 0 Å². The summed E-state index contributed by atoms with van der Waals surface area (Å²) >= 11 is 0. The van der Waals surface area contributed by atoms with Crippen molar-refractivity contribution in [1.29, 1.82) is 0 Å². The van der Waals surface area contributed by atoms with Gasteiger partial charge in [0, 0.05) is 0 Å². The van der Waals surface area contributed by atoms with E-state index in [-0.39, 0.29) is 0 Å². The van der Waals surface area contributed by atoms with Crippen molar-refractivity contribution in [3.05, 3.63) is 30.3 Å². The Labute approximate surface area is 211 Å². The van der Waals surface area contributed by atoms with Crippen molar-refractivity contribution in [3.8, 4) is 0 Å². The molecule has 0 bridgehead atoms. The van der Waals surface area contributed by atoms with Crippen LogP contribution in [-0.4, -0.2) is 37.2 Å². The van der Waals surface area contributed by atoms with Gasteiger partial charge in [0.25, 0.3) is 0 Å². The molecule has 0 saturated heterocycles. The normalized spacial score (nSPS) is 11.8. The van der Waals surface area contributed by atoms with Gasteiger partial charge in [-0.3, -0.25) is 9.04 Å². The Morgan fingerprint density at radius 3 is 1.29 bits per heavy atom. The van der Waals surface area contributed by atoms with Crippen LogP contribution in [0.1, 0.15) is 124 Å². The lowest BCUT2D eigenvalue weighted by Crippen LogP contribution is -2.49. The molecule has 0 amide bonds. The van der Waals surface area contributed by atoms with Gasteiger partial charge >= 0.3 is 0 Å².